The van der Waals surface area contributed by atoms with Crippen LogP contribution in [0.1, 0.15) is 26.0 Å². The highest BCUT2D eigenvalue weighted by atomic mass is 32.1. The summed E-state index contributed by atoms with van der Waals surface area (Å²) in [5.41, 5.74) is 1.08. The monoisotopic (exact) mass is 271 g/mol. The van der Waals surface area contributed by atoms with Crippen molar-refractivity contribution in [1.29, 1.82) is 0 Å². The highest BCUT2D eigenvalue weighted by molar-refractivity contribution is 7.10. The van der Waals surface area contributed by atoms with Crippen LogP contribution in [0, 0.1) is 0 Å². The van der Waals surface area contributed by atoms with Crippen molar-refractivity contribution in [3.63, 3.8) is 0 Å². The maximum Gasteiger partial charge on any atom is 0.134 e. The summed E-state index contributed by atoms with van der Waals surface area (Å²) in [6.45, 7) is 9.38. The van der Waals surface area contributed by atoms with Gasteiger partial charge in [0, 0.05) is 37.7 Å². The number of aromatic nitrogens is 2. The molecule has 0 fully saturated rings. The van der Waals surface area contributed by atoms with Crippen molar-refractivity contribution in [1.82, 2.24) is 19.4 Å². The van der Waals surface area contributed by atoms with Gasteiger partial charge in [0.05, 0.1) is 0 Å². The fourth-order valence-electron chi connectivity index (χ4n) is 1.75. The molecule has 0 spiro atoms. The summed E-state index contributed by atoms with van der Waals surface area (Å²) >= 11 is 1.45. The molecule has 0 amide bonds. The van der Waals surface area contributed by atoms with Gasteiger partial charge in [-0.1, -0.05) is 11.4 Å². The third-order valence-electron chi connectivity index (χ3n) is 2.67. The third kappa shape index (κ3) is 5.29. The number of rotatable bonds is 9. The van der Waals surface area contributed by atoms with Crippen molar-refractivity contribution in [2.24, 2.45) is 0 Å². The van der Waals surface area contributed by atoms with E-state index < -0.39 is 0 Å². The second-order valence-electron chi connectivity index (χ2n) is 4.66. The lowest BCUT2D eigenvalue weighted by Crippen LogP contribution is -2.32. The van der Waals surface area contributed by atoms with E-state index in [0.717, 1.165) is 43.4 Å². The van der Waals surface area contributed by atoms with E-state index >= 15 is 0 Å². The van der Waals surface area contributed by atoms with E-state index in [2.05, 4.69) is 52.6 Å². The summed E-state index contributed by atoms with van der Waals surface area (Å²) in [5, 5.41) is 8.67. The van der Waals surface area contributed by atoms with Crippen LogP contribution < -0.4 is 5.32 Å². The Kier molecular flexibility index (Phi) is 7.15. The molecule has 0 saturated heterocycles. The van der Waals surface area contributed by atoms with Crippen LogP contribution >= 0.6 is 11.5 Å². The molecule has 0 atom stereocenters. The standard InChI is InChI=1S/C12H25N5S/c1-5-7-17(9-8-16(3)4)10-11-12(13-6-2)18-15-14-11/h13H,5-10H2,1-4H3. The zero-order valence-electron chi connectivity index (χ0n) is 11.9. The van der Waals surface area contributed by atoms with Gasteiger partial charge < -0.3 is 10.2 Å². The van der Waals surface area contributed by atoms with Gasteiger partial charge in [0.1, 0.15) is 10.7 Å². The molecule has 0 aliphatic carbocycles. The summed E-state index contributed by atoms with van der Waals surface area (Å²) < 4.78 is 4.04. The molecule has 1 N–H and O–H groups in total. The predicted octanol–water partition coefficient (Wildman–Crippen LogP) is 1.74. The molecule has 1 aromatic rings. The van der Waals surface area contributed by atoms with Crippen LogP contribution in [0.3, 0.4) is 0 Å². The van der Waals surface area contributed by atoms with Crippen molar-refractivity contribution < 1.29 is 0 Å². The first kappa shape index (κ1) is 15.3. The van der Waals surface area contributed by atoms with Gasteiger partial charge in [0.25, 0.3) is 0 Å². The number of nitrogens with zero attached hydrogens (tertiary/aromatic N) is 4. The molecule has 0 unspecified atom stereocenters. The SMILES string of the molecule is CCCN(CCN(C)C)Cc1nnsc1NCC. The minimum atomic E-state index is 0.889. The summed E-state index contributed by atoms with van der Waals surface area (Å²) in [6.07, 6.45) is 1.17. The van der Waals surface area contributed by atoms with E-state index in [4.69, 9.17) is 0 Å². The number of likely N-dealkylation sites (N-methyl/N-ethyl adjacent to an activating group) is 1. The first-order chi connectivity index (χ1) is 8.67. The van der Waals surface area contributed by atoms with Crippen LogP contribution in [0.5, 0.6) is 0 Å². The van der Waals surface area contributed by atoms with Gasteiger partial charge in [0.2, 0.25) is 0 Å². The lowest BCUT2D eigenvalue weighted by Gasteiger charge is -2.22. The Balaban J connectivity index is 2.55. The van der Waals surface area contributed by atoms with Gasteiger partial charge in [-0.3, -0.25) is 4.90 Å². The maximum absolute atomic E-state index is 4.23. The van der Waals surface area contributed by atoms with Gasteiger partial charge in [0.15, 0.2) is 0 Å². The normalized spacial score (nSPS) is 11.4. The van der Waals surface area contributed by atoms with Gasteiger partial charge >= 0.3 is 0 Å². The maximum atomic E-state index is 4.23. The first-order valence-corrected chi connectivity index (χ1v) is 7.36. The van der Waals surface area contributed by atoms with E-state index in [1.54, 1.807) is 0 Å². The summed E-state index contributed by atoms with van der Waals surface area (Å²) in [6, 6.07) is 0. The first-order valence-electron chi connectivity index (χ1n) is 6.59. The van der Waals surface area contributed by atoms with Crippen LogP contribution in [-0.2, 0) is 6.54 Å². The van der Waals surface area contributed by atoms with Gasteiger partial charge in [-0.05, 0) is 34.0 Å². The molecule has 1 heterocycles. The minimum Gasteiger partial charge on any atom is -0.374 e. The van der Waals surface area contributed by atoms with Crippen molar-refractivity contribution in [3.05, 3.63) is 5.69 Å². The van der Waals surface area contributed by atoms with E-state index in [0.29, 0.717) is 0 Å². The molecule has 0 aliphatic rings. The Bertz CT molecular complexity index is 326. The van der Waals surface area contributed by atoms with Crippen LogP contribution in [0.2, 0.25) is 0 Å². The molecular weight excluding hydrogens is 246 g/mol. The van der Waals surface area contributed by atoms with Crippen LogP contribution in [0.15, 0.2) is 0 Å². The average Bonchev–Trinajstić information content (AvgIpc) is 2.74. The smallest absolute Gasteiger partial charge is 0.134 e. The molecule has 0 aliphatic heterocycles. The molecule has 0 saturated carbocycles. The van der Waals surface area contributed by atoms with E-state index in [-0.39, 0.29) is 0 Å². The fraction of sp³-hybridized carbons (Fsp3) is 0.833. The fourth-order valence-corrected chi connectivity index (χ4v) is 2.39. The lowest BCUT2D eigenvalue weighted by molar-refractivity contribution is 0.232. The Morgan fingerprint density at radius 1 is 1.17 bits per heavy atom. The highest BCUT2D eigenvalue weighted by Crippen LogP contribution is 2.19. The molecule has 5 nitrogen and oxygen atoms in total. The van der Waals surface area contributed by atoms with Crippen LogP contribution in [-0.4, -0.2) is 59.7 Å². The molecule has 0 bridgehead atoms. The second-order valence-corrected chi connectivity index (χ2v) is 5.41. The van der Waals surface area contributed by atoms with E-state index in [9.17, 15) is 0 Å². The van der Waals surface area contributed by atoms with E-state index in [1.165, 1.54) is 18.0 Å². The quantitative estimate of drug-likeness (QED) is 0.741. The summed E-state index contributed by atoms with van der Waals surface area (Å²) in [7, 11) is 4.22. The molecule has 6 heteroatoms. The number of anilines is 1. The van der Waals surface area contributed by atoms with Crippen molar-refractivity contribution in [2.75, 3.05) is 45.6 Å². The Labute approximate surface area is 114 Å². The van der Waals surface area contributed by atoms with Crippen molar-refractivity contribution in [3.8, 4) is 0 Å². The molecular formula is C12H25N5S. The predicted molar refractivity (Wildman–Crippen MR) is 78.2 cm³/mol. The molecule has 104 valence electrons. The topological polar surface area (TPSA) is 44.3 Å². The van der Waals surface area contributed by atoms with Crippen LogP contribution in [0.25, 0.3) is 0 Å². The lowest BCUT2D eigenvalue weighted by atomic mass is 10.3. The molecule has 18 heavy (non-hydrogen) atoms. The Morgan fingerprint density at radius 2 is 1.94 bits per heavy atom. The van der Waals surface area contributed by atoms with Crippen LogP contribution in [0.4, 0.5) is 5.00 Å². The Morgan fingerprint density at radius 3 is 2.56 bits per heavy atom. The van der Waals surface area contributed by atoms with E-state index in [1.807, 2.05) is 0 Å². The minimum absolute atomic E-state index is 0.889. The number of hydrogen-bond donors (Lipinski definition) is 1. The molecule has 0 radical (unpaired) electrons. The summed E-state index contributed by atoms with van der Waals surface area (Å²) in [4.78, 5) is 4.66. The largest absolute Gasteiger partial charge is 0.374 e. The zero-order valence-corrected chi connectivity index (χ0v) is 12.8. The van der Waals surface area contributed by atoms with Gasteiger partial charge in [-0.15, -0.1) is 5.10 Å². The third-order valence-corrected chi connectivity index (χ3v) is 3.40. The second kappa shape index (κ2) is 8.39. The zero-order chi connectivity index (χ0) is 13.4. The molecule has 1 aromatic heterocycles. The number of hydrogen-bond acceptors (Lipinski definition) is 6. The van der Waals surface area contributed by atoms with Gasteiger partial charge in [-0.25, -0.2) is 0 Å². The Hall–Kier alpha value is -0.720. The summed E-state index contributed by atoms with van der Waals surface area (Å²) in [5.74, 6) is 0. The van der Waals surface area contributed by atoms with Crippen molar-refractivity contribution in [2.45, 2.75) is 26.8 Å². The van der Waals surface area contributed by atoms with Crippen molar-refractivity contribution >= 4 is 16.5 Å². The van der Waals surface area contributed by atoms with Gasteiger partial charge in [-0.2, -0.15) is 0 Å². The number of nitrogens with one attached hydrogen (secondary N) is 1. The highest BCUT2D eigenvalue weighted by Gasteiger charge is 2.12. The molecule has 1 rings (SSSR count). The molecule has 0 aromatic carbocycles. The average molecular weight is 271 g/mol.